The topological polar surface area (TPSA) is 38.0 Å². The Morgan fingerprint density at radius 2 is 1.16 bits per heavy atom. The Labute approximate surface area is 121 Å². The minimum absolute atomic E-state index is 0.323. The molecule has 0 spiro atoms. The molecule has 0 radical (unpaired) electrons. The highest BCUT2D eigenvalue weighted by Gasteiger charge is 2.12. The molecule has 0 aliphatic carbocycles. The smallest absolute Gasteiger partial charge is 0.0122 e. The van der Waals surface area contributed by atoms with Crippen molar-refractivity contribution in [3.05, 3.63) is 0 Å². The van der Waals surface area contributed by atoms with E-state index in [-0.39, 0.29) is 0 Å². The maximum Gasteiger partial charge on any atom is 0.0122 e. The molecule has 0 bridgehead atoms. The summed E-state index contributed by atoms with van der Waals surface area (Å²) >= 11 is 0. The zero-order chi connectivity index (χ0) is 14.4. The largest absolute Gasteiger partial charge is 0.330 e. The van der Waals surface area contributed by atoms with Crippen LogP contribution in [-0.4, -0.2) is 18.6 Å². The zero-order valence-electron chi connectivity index (χ0n) is 13.8. The molecule has 0 aliphatic heterocycles. The summed E-state index contributed by atoms with van der Waals surface area (Å²) < 4.78 is 0. The lowest BCUT2D eigenvalue weighted by molar-refractivity contribution is 0.370. The maximum atomic E-state index is 5.48. The minimum Gasteiger partial charge on any atom is -0.330 e. The first kappa shape index (κ1) is 18.9. The third-order valence-corrected chi connectivity index (χ3v) is 4.12. The molecule has 0 fully saturated rings. The van der Waals surface area contributed by atoms with Gasteiger partial charge in [0.25, 0.3) is 0 Å². The number of hydrogen-bond acceptors (Lipinski definition) is 2. The maximum absolute atomic E-state index is 5.48. The Morgan fingerprint density at radius 3 is 1.58 bits per heavy atom. The van der Waals surface area contributed by atoms with Crippen LogP contribution in [0.3, 0.4) is 0 Å². The van der Waals surface area contributed by atoms with Gasteiger partial charge in [0.15, 0.2) is 0 Å². The summed E-state index contributed by atoms with van der Waals surface area (Å²) in [6.45, 7) is 8.87. The van der Waals surface area contributed by atoms with Crippen molar-refractivity contribution >= 4 is 0 Å². The summed E-state index contributed by atoms with van der Waals surface area (Å²) in [5.74, 6) is 0. The summed E-state index contributed by atoms with van der Waals surface area (Å²) in [5, 5.41) is 3.63. The Morgan fingerprint density at radius 1 is 0.737 bits per heavy atom. The normalized spacial score (nSPS) is 12.0. The lowest BCUT2D eigenvalue weighted by Gasteiger charge is -2.24. The molecule has 0 unspecified atom stereocenters. The number of unbranched alkanes of at least 4 members (excludes halogenated alkanes) is 9. The second kappa shape index (κ2) is 12.9. The molecule has 2 nitrogen and oxygen atoms in total. The summed E-state index contributed by atoms with van der Waals surface area (Å²) in [4.78, 5) is 0. The average Bonchev–Trinajstić information content (AvgIpc) is 2.40. The van der Waals surface area contributed by atoms with Crippen molar-refractivity contribution in [1.82, 2.24) is 5.32 Å². The predicted octanol–water partition coefficient (Wildman–Crippen LogP) is 4.62. The first-order chi connectivity index (χ1) is 9.12. The lowest BCUT2D eigenvalue weighted by Crippen LogP contribution is -2.38. The van der Waals surface area contributed by atoms with Crippen LogP contribution in [-0.2, 0) is 0 Å². The fourth-order valence-corrected chi connectivity index (χ4v) is 2.24. The highest BCUT2D eigenvalue weighted by Crippen LogP contribution is 2.11. The highest BCUT2D eigenvalue weighted by molar-refractivity contribution is 4.74. The van der Waals surface area contributed by atoms with Crippen LogP contribution in [0.2, 0.25) is 0 Å². The van der Waals surface area contributed by atoms with Gasteiger partial charge in [-0.05, 0) is 46.2 Å². The predicted molar refractivity (Wildman–Crippen MR) is 87.6 cm³/mol. The molecule has 0 aliphatic rings. The summed E-state index contributed by atoms with van der Waals surface area (Å²) in [7, 11) is 0. The third kappa shape index (κ3) is 14.1. The van der Waals surface area contributed by atoms with Crippen LogP contribution in [0.25, 0.3) is 0 Å². The zero-order valence-corrected chi connectivity index (χ0v) is 13.8. The van der Waals surface area contributed by atoms with E-state index in [1.165, 1.54) is 77.2 Å². The van der Waals surface area contributed by atoms with Crippen molar-refractivity contribution in [3.8, 4) is 0 Å². The van der Waals surface area contributed by atoms with Gasteiger partial charge in [-0.25, -0.2) is 0 Å². The van der Waals surface area contributed by atoms with E-state index in [1.807, 2.05) is 0 Å². The first-order valence-corrected chi connectivity index (χ1v) is 8.57. The number of hydrogen-bond donors (Lipinski definition) is 2. The van der Waals surface area contributed by atoms with E-state index in [9.17, 15) is 0 Å². The van der Waals surface area contributed by atoms with Crippen molar-refractivity contribution in [2.75, 3.05) is 13.1 Å². The molecule has 0 atom stereocenters. The van der Waals surface area contributed by atoms with Gasteiger partial charge in [-0.1, -0.05) is 58.3 Å². The molecule has 19 heavy (non-hydrogen) atoms. The van der Waals surface area contributed by atoms with Gasteiger partial charge in [0, 0.05) is 5.54 Å². The second-order valence-corrected chi connectivity index (χ2v) is 6.49. The fourth-order valence-electron chi connectivity index (χ4n) is 2.24. The molecular weight excluding hydrogens is 232 g/mol. The van der Waals surface area contributed by atoms with E-state index in [4.69, 9.17) is 5.73 Å². The average molecular weight is 271 g/mol. The van der Waals surface area contributed by atoms with Gasteiger partial charge in [0.05, 0.1) is 0 Å². The molecule has 116 valence electrons. The lowest BCUT2D eigenvalue weighted by atomic mass is 10.0. The van der Waals surface area contributed by atoms with E-state index < -0.39 is 0 Å². The Balaban J connectivity index is 3.07. The molecule has 0 saturated heterocycles. The van der Waals surface area contributed by atoms with Crippen LogP contribution in [0, 0.1) is 0 Å². The van der Waals surface area contributed by atoms with Crippen LogP contribution in [0.5, 0.6) is 0 Å². The summed E-state index contributed by atoms with van der Waals surface area (Å²) in [6, 6.07) is 0. The van der Waals surface area contributed by atoms with Crippen molar-refractivity contribution < 1.29 is 0 Å². The number of nitrogens with two attached hydrogens (primary N) is 1. The highest BCUT2D eigenvalue weighted by atomic mass is 14.9. The number of nitrogens with one attached hydrogen (secondary N) is 1. The van der Waals surface area contributed by atoms with Crippen LogP contribution in [0.1, 0.15) is 91.4 Å². The molecule has 0 aromatic heterocycles. The molecule has 0 heterocycles. The molecule has 0 aromatic carbocycles. The standard InChI is InChI=1S/C17H38N2/c1-4-17(2,3)19-16-14-12-10-8-6-5-7-9-11-13-15-18/h19H,4-16,18H2,1-3H3. The second-order valence-electron chi connectivity index (χ2n) is 6.49. The van der Waals surface area contributed by atoms with Gasteiger partial charge < -0.3 is 11.1 Å². The van der Waals surface area contributed by atoms with Crippen molar-refractivity contribution in [1.29, 1.82) is 0 Å². The van der Waals surface area contributed by atoms with Crippen LogP contribution < -0.4 is 11.1 Å². The molecule has 0 aromatic rings. The van der Waals surface area contributed by atoms with Gasteiger partial charge in [0.1, 0.15) is 0 Å². The van der Waals surface area contributed by atoms with E-state index >= 15 is 0 Å². The van der Waals surface area contributed by atoms with Gasteiger partial charge in [-0.3, -0.25) is 0 Å². The van der Waals surface area contributed by atoms with E-state index in [0.29, 0.717) is 5.54 Å². The molecular formula is C17H38N2. The Kier molecular flexibility index (Phi) is 12.9. The monoisotopic (exact) mass is 270 g/mol. The minimum atomic E-state index is 0.323. The summed E-state index contributed by atoms with van der Waals surface area (Å²) in [6.07, 6.45) is 14.9. The fraction of sp³-hybridized carbons (Fsp3) is 1.00. The quantitative estimate of drug-likeness (QED) is 0.452. The van der Waals surface area contributed by atoms with Crippen LogP contribution in [0.15, 0.2) is 0 Å². The van der Waals surface area contributed by atoms with Gasteiger partial charge in [0.2, 0.25) is 0 Å². The summed E-state index contributed by atoms with van der Waals surface area (Å²) in [5.41, 5.74) is 5.80. The molecule has 0 saturated carbocycles. The van der Waals surface area contributed by atoms with E-state index in [2.05, 4.69) is 26.1 Å². The van der Waals surface area contributed by atoms with Crippen LogP contribution >= 0.6 is 0 Å². The van der Waals surface area contributed by atoms with Gasteiger partial charge >= 0.3 is 0 Å². The van der Waals surface area contributed by atoms with Crippen molar-refractivity contribution in [3.63, 3.8) is 0 Å². The molecule has 2 heteroatoms. The Hall–Kier alpha value is -0.0800. The molecule has 0 amide bonds. The number of rotatable bonds is 14. The molecule has 3 N–H and O–H groups in total. The van der Waals surface area contributed by atoms with Crippen LogP contribution in [0.4, 0.5) is 0 Å². The van der Waals surface area contributed by atoms with Crippen molar-refractivity contribution in [2.24, 2.45) is 5.73 Å². The Bertz CT molecular complexity index is 178. The third-order valence-electron chi connectivity index (χ3n) is 4.12. The molecule has 0 rings (SSSR count). The SMILES string of the molecule is CCC(C)(C)NCCCCCCCCCCCCN. The van der Waals surface area contributed by atoms with Gasteiger partial charge in [-0.15, -0.1) is 0 Å². The first-order valence-electron chi connectivity index (χ1n) is 8.57. The van der Waals surface area contributed by atoms with E-state index in [1.54, 1.807) is 0 Å². The van der Waals surface area contributed by atoms with Crippen molar-refractivity contribution in [2.45, 2.75) is 96.9 Å². The van der Waals surface area contributed by atoms with Gasteiger partial charge in [-0.2, -0.15) is 0 Å². The van der Waals surface area contributed by atoms with E-state index in [0.717, 1.165) is 6.54 Å².